The second-order valence-electron chi connectivity index (χ2n) is 4.15. The molecule has 1 aromatic heterocycles. The Labute approximate surface area is 117 Å². The molecule has 2 N–H and O–H groups in total. The van der Waals surface area contributed by atoms with Crippen LogP contribution in [0.1, 0.15) is 16.8 Å². The summed E-state index contributed by atoms with van der Waals surface area (Å²) in [5, 5.41) is 0.778. The molecule has 1 heterocycles. The fourth-order valence-electron chi connectivity index (χ4n) is 1.65. The van der Waals surface area contributed by atoms with Crippen LogP contribution in [0.3, 0.4) is 0 Å². The van der Waals surface area contributed by atoms with Crippen molar-refractivity contribution in [1.82, 2.24) is 4.98 Å². The zero-order valence-electron chi connectivity index (χ0n) is 10.4. The van der Waals surface area contributed by atoms with E-state index in [4.69, 9.17) is 17.3 Å². The van der Waals surface area contributed by atoms with E-state index in [2.05, 4.69) is 4.98 Å². The van der Waals surface area contributed by atoms with Gasteiger partial charge in [-0.1, -0.05) is 23.7 Å². The topological polar surface area (TPSA) is 38.9 Å². The molecule has 0 unspecified atom stereocenters. The average molecular weight is 279 g/mol. The van der Waals surface area contributed by atoms with Gasteiger partial charge in [0.1, 0.15) is 0 Å². The van der Waals surface area contributed by atoms with Crippen LogP contribution in [-0.2, 0) is 5.75 Å². The summed E-state index contributed by atoms with van der Waals surface area (Å²) in [5.41, 5.74) is 9.95. The number of aromatic nitrogens is 1. The van der Waals surface area contributed by atoms with Gasteiger partial charge in [-0.25, -0.2) is 0 Å². The number of hydrogen-bond acceptors (Lipinski definition) is 3. The highest BCUT2D eigenvalue weighted by atomic mass is 35.5. The van der Waals surface area contributed by atoms with Crippen LogP contribution in [0.4, 0.5) is 5.69 Å². The summed E-state index contributed by atoms with van der Waals surface area (Å²) in [7, 11) is 0. The normalized spacial score (nSPS) is 10.6. The van der Waals surface area contributed by atoms with Crippen molar-refractivity contribution in [2.24, 2.45) is 0 Å². The summed E-state index contributed by atoms with van der Waals surface area (Å²) in [4.78, 5) is 5.51. The SMILES string of the molecule is Cc1cnc(CSc2ccccc2Cl)c(C)c1N. The molecule has 0 aliphatic carbocycles. The number of nitrogens with two attached hydrogens (primary N) is 1. The van der Waals surface area contributed by atoms with E-state index in [-0.39, 0.29) is 0 Å². The Bertz CT molecular complexity index is 570. The van der Waals surface area contributed by atoms with E-state index >= 15 is 0 Å². The minimum absolute atomic E-state index is 0.778. The molecular weight excluding hydrogens is 264 g/mol. The van der Waals surface area contributed by atoms with Gasteiger partial charge in [0.25, 0.3) is 0 Å². The highest BCUT2D eigenvalue weighted by Crippen LogP contribution is 2.30. The highest BCUT2D eigenvalue weighted by Gasteiger charge is 2.07. The molecule has 94 valence electrons. The minimum Gasteiger partial charge on any atom is -0.398 e. The fraction of sp³-hybridized carbons (Fsp3) is 0.214. The summed E-state index contributed by atoms with van der Waals surface area (Å²) in [6.45, 7) is 3.98. The van der Waals surface area contributed by atoms with Crippen molar-refractivity contribution in [3.8, 4) is 0 Å². The number of thioether (sulfide) groups is 1. The largest absolute Gasteiger partial charge is 0.398 e. The van der Waals surface area contributed by atoms with Gasteiger partial charge in [0.2, 0.25) is 0 Å². The van der Waals surface area contributed by atoms with E-state index in [1.807, 2.05) is 44.3 Å². The Balaban J connectivity index is 2.17. The molecule has 0 aliphatic rings. The van der Waals surface area contributed by atoms with Gasteiger partial charge in [-0.2, -0.15) is 0 Å². The predicted octanol–water partition coefficient (Wildman–Crippen LogP) is 4.23. The number of benzene rings is 1. The van der Waals surface area contributed by atoms with Crippen molar-refractivity contribution in [1.29, 1.82) is 0 Å². The number of halogens is 1. The number of nitrogens with zero attached hydrogens (tertiary/aromatic N) is 1. The second kappa shape index (κ2) is 5.63. The molecule has 0 bridgehead atoms. The molecule has 0 aliphatic heterocycles. The van der Waals surface area contributed by atoms with E-state index in [9.17, 15) is 0 Å². The molecule has 18 heavy (non-hydrogen) atoms. The predicted molar refractivity (Wildman–Crippen MR) is 79.1 cm³/mol. The van der Waals surface area contributed by atoms with Crippen LogP contribution in [0.2, 0.25) is 5.02 Å². The summed E-state index contributed by atoms with van der Waals surface area (Å²) in [5.74, 6) is 0.778. The maximum Gasteiger partial charge on any atom is 0.0556 e. The van der Waals surface area contributed by atoms with Gasteiger partial charge in [-0.05, 0) is 37.1 Å². The van der Waals surface area contributed by atoms with E-state index in [1.165, 1.54) is 0 Å². The monoisotopic (exact) mass is 278 g/mol. The van der Waals surface area contributed by atoms with E-state index in [0.717, 1.165) is 38.2 Å². The minimum atomic E-state index is 0.778. The maximum absolute atomic E-state index is 6.12. The Kier molecular flexibility index (Phi) is 4.15. The summed E-state index contributed by atoms with van der Waals surface area (Å²) >= 11 is 7.80. The van der Waals surface area contributed by atoms with Gasteiger partial charge in [-0.3, -0.25) is 4.98 Å². The summed E-state index contributed by atoms with van der Waals surface area (Å²) in [6, 6.07) is 7.82. The molecule has 0 radical (unpaired) electrons. The first-order chi connectivity index (χ1) is 8.59. The lowest BCUT2D eigenvalue weighted by molar-refractivity contribution is 1.11. The standard InChI is InChI=1S/C14H15ClN2S/c1-9-7-17-12(10(2)14(9)16)8-18-13-6-4-3-5-11(13)15/h3-7H,8H2,1-2H3,(H2,16,17). The van der Waals surface area contributed by atoms with Gasteiger partial charge >= 0.3 is 0 Å². The van der Waals surface area contributed by atoms with E-state index in [0.29, 0.717) is 0 Å². The number of hydrogen-bond donors (Lipinski definition) is 1. The van der Waals surface area contributed by atoms with Crippen LogP contribution in [0.25, 0.3) is 0 Å². The van der Waals surface area contributed by atoms with Crippen molar-refractivity contribution >= 4 is 29.1 Å². The number of anilines is 1. The van der Waals surface area contributed by atoms with Gasteiger partial charge < -0.3 is 5.73 Å². The van der Waals surface area contributed by atoms with Gasteiger partial charge in [0.15, 0.2) is 0 Å². The molecule has 0 spiro atoms. The summed E-state index contributed by atoms with van der Waals surface area (Å²) < 4.78 is 0. The third-order valence-electron chi connectivity index (χ3n) is 2.88. The first-order valence-corrected chi connectivity index (χ1v) is 7.04. The van der Waals surface area contributed by atoms with Crippen LogP contribution in [-0.4, -0.2) is 4.98 Å². The third-order valence-corrected chi connectivity index (χ3v) is 4.40. The van der Waals surface area contributed by atoms with E-state index in [1.54, 1.807) is 11.8 Å². The highest BCUT2D eigenvalue weighted by molar-refractivity contribution is 7.98. The van der Waals surface area contributed by atoms with Crippen LogP contribution >= 0.6 is 23.4 Å². The average Bonchev–Trinajstić information content (AvgIpc) is 2.37. The number of nitrogen functional groups attached to an aromatic ring is 1. The molecule has 2 rings (SSSR count). The van der Waals surface area contributed by atoms with Gasteiger partial charge in [-0.15, -0.1) is 11.8 Å². The lowest BCUT2D eigenvalue weighted by atomic mass is 10.1. The molecule has 2 nitrogen and oxygen atoms in total. The first kappa shape index (κ1) is 13.2. The van der Waals surface area contributed by atoms with Crippen molar-refractivity contribution in [2.45, 2.75) is 24.5 Å². The quantitative estimate of drug-likeness (QED) is 0.854. The van der Waals surface area contributed by atoms with E-state index < -0.39 is 0 Å². The Hall–Kier alpha value is -1.19. The molecular formula is C14H15ClN2S. The Morgan fingerprint density at radius 1 is 1.28 bits per heavy atom. The Morgan fingerprint density at radius 2 is 2.00 bits per heavy atom. The van der Waals surface area contributed by atoms with Crippen molar-refractivity contribution in [3.63, 3.8) is 0 Å². The van der Waals surface area contributed by atoms with Gasteiger partial charge in [0.05, 0.1) is 10.7 Å². The van der Waals surface area contributed by atoms with Gasteiger partial charge in [0, 0.05) is 22.5 Å². The first-order valence-electron chi connectivity index (χ1n) is 5.67. The van der Waals surface area contributed by atoms with Crippen LogP contribution in [0.15, 0.2) is 35.4 Å². The Morgan fingerprint density at radius 3 is 2.72 bits per heavy atom. The third kappa shape index (κ3) is 2.79. The number of pyridine rings is 1. The zero-order chi connectivity index (χ0) is 13.1. The zero-order valence-corrected chi connectivity index (χ0v) is 12.0. The van der Waals surface area contributed by atoms with Crippen molar-refractivity contribution < 1.29 is 0 Å². The lowest BCUT2D eigenvalue weighted by Gasteiger charge is -2.10. The number of rotatable bonds is 3. The molecule has 2 aromatic rings. The molecule has 0 amide bonds. The van der Waals surface area contributed by atoms with Crippen LogP contribution in [0.5, 0.6) is 0 Å². The van der Waals surface area contributed by atoms with Crippen molar-refractivity contribution in [2.75, 3.05) is 5.73 Å². The molecule has 0 fully saturated rings. The maximum atomic E-state index is 6.12. The van der Waals surface area contributed by atoms with Crippen LogP contribution in [0, 0.1) is 13.8 Å². The van der Waals surface area contributed by atoms with Crippen molar-refractivity contribution in [3.05, 3.63) is 52.3 Å². The fourth-order valence-corrected chi connectivity index (χ4v) is 2.91. The molecule has 0 saturated carbocycles. The summed E-state index contributed by atoms with van der Waals surface area (Å²) in [6.07, 6.45) is 1.82. The molecule has 4 heteroatoms. The van der Waals surface area contributed by atoms with Crippen LogP contribution < -0.4 is 5.73 Å². The second-order valence-corrected chi connectivity index (χ2v) is 5.57. The smallest absolute Gasteiger partial charge is 0.0556 e. The lowest BCUT2D eigenvalue weighted by Crippen LogP contribution is -2.00. The number of aryl methyl sites for hydroxylation is 1. The molecule has 0 saturated heterocycles. The molecule has 1 aromatic carbocycles. The molecule has 0 atom stereocenters.